The van der Waals surface area contributed by atoms with Gasteiger partial charge >= 0.3 is 0 Å². The summed E-state index contributed by atoms with van der Waals surface area (Å²) < 4.78 is 5.59. The number of carbonyl (C=O) groups is 1. The lowest BCUT2D eigenvalue weighted by molar-refractivity contribution is 0.102. The Morgan fingerprint density at radius 3 is 2.84 bits per heavy atom. The Bertz CT molecular complexity index is 1840. The summed E-state index contributed by atoms with van der Waals surface area (Å²) in [6.07, 6.45) is 12.6. The Morgan fingerprint density at radius 1 is 1.11 bits per heavy atom. The van der Waals surface area contributed by atoms with Crippen LogP contribution in [0.2, 0.25) is 5.02 Å². The van der Waals surface area contributed by atoms with Gasteiger partial charge in [-0.2, -0.15) is 0 Å². The van der Waals surface area contributed by atoms with E-state index in [9.17, 15) is 4.79 Å². The molecular formula is C34H32ClN7O2. The fourth-order valence-corrected chi connectivity index (χ4v) is 4.62. The van der Waals surface area contributed by atoms with Crippen LogP contribution in [0.5, 0.6) is 0 Å². The molecule has 222 valence electrons. The van der Waals surface area contributed by atoms with E-state index >= 15 is 0 Å². The third-order valence-electron chi connectivity index (χ3n) is 6.81. The van der Waals surface area contributed by atoms with Crippen molar-refractivity contribution in [2.24, 2.45) is 0 Å². The monoisotopic (exact) mass is 605 g/mol. The van der Waals surface area contributed by atoms with Gasteiger partial charge in [0, 0.05) is 64.9 Å². The Hall–Kier alpha value is -5.30. The predicted octanol–water partition coefficient (Wildman–Crippen LogP) is 7.05. The van der Waals surface area contributed by atoms with Crippen LogP contribution in [0.25, 0.3) is 22.2 Å². The van der Waals surface area contributed by atoms with Gasteiger partial charge in [0.25, 0.3) is 5.91 Å². The van der Waals surface area contributed by atoms with E-state index in [1.807, 2.05) is 86.9 Å². The third kappa shape index (κ3) is 7.55. The van der Waals surface area contributed by atoms with E-state index in [-0.39, 0.29) is 5.91 Å². The van der Waals surface area contributed by atoms with Gasteiger partial charge in [0.05, 0.1) is 23.5 Å². The molecule has 4 N–H and O–H groups in total. The van der Waals surface area contributed by atoms with Crippen LogP contribution < -0.4 is 16.0 Å². The van der Waals surface area contributed by atoms with Crippen molar-refractivity contribution in [3.8, 4) is 23.7 Å². The van der Waals surface area contributed by atoms with Crippen LogP contribution in [0.15, 0.2) is 91.3 Å². The number of amides is 1. The van der Waals surface area contributed by atoms with Crippen molar-refractivity contribution < 1.29 is 9.53 Å². The molecule has 0 aliphatic heterocycles. The summed E-state index contributed by atoms with van der Waals surface area (Å²) in [5, 5.41) is 10.9. The average Bonchev–Trinajstić information content (AvgIpc) is 3.47. The molecule has 0 fully saturated rings. The molecule has 44 heavy (non-hydrogen) atoms. The molecule has 0 radical (unpaired) electrons. The van der Waals surface area contributed by atoms with E-state index in [4.69, 9.17) is 27.7 Å². The maximum Gasteiger partial charge on any atom is 0.255 e. The third-order valence-corrected chi connectivity index (χ3v) is 7.09. The van der Waals surface area contributed by atoms with Crippen molar-refractivity contribution in [2.75, 3.05) is 42.9 Å². The van der Waals surface area contributed by atoms with Crippen LogP contribution in [0, 0.1) is 19.4 Å². The van der Waals surface area contributed by atoms with Gasteiger partial charge in [0.1, 0.15) is 6.73 Å². The number of H-pyrrole nitrogens is 1. The van der Waals surface area contributed by atoms with E-state index in [1.54, 1.807) is 23.2 Å². The zero-order valence-electron chi connectivity index (χ0n) is 24.4. The highest BCUT2D eigenvalue weighted by atomic mass is 35.5. The molecule has 2 aromatic heterocycles. The minimum atomic E-state index is -0.236. The first-order valence-corrected chi connectivity index (χ1v) is 14.3. The molecule has 0 aliphatic rings. The molecule has 0 aliphatic carbocycles. The number of ether oxygens (including phenoxy) is 1. The lowest BCUT2D eigenvalue weighted by atomic mass is 10.1. The summed E-state index contributed by atoms with van der Waals surface area (Å²) in [4.78, 5) is 27.2. The van der Waals surface area contributed by atoms with Gasteiger partial charge in [-0.3, -0.25) is 4.79 Å². The van der Waals surface area contributed by atoms with Crippen molar-refractivity contribution in [3.63, 3.8) is 0 Å². The second-order valence-corrected chi connectivity index (χ2v) is 10.4. The first kappa shape index (κ1) is 30.2. The number of fused-ring (bicyclic) bond motifs is 1. The van der Waals surface area contributed by atoms with Crippen LogP contribution >= 0.6 is 11.6 Å². The van der Waals surface area contributed by atoms with E-state index < -0.39 is 0 Å². The molecule has 9 nitrogen and oxygen atoms in total. The second-order valence-electron chi connectivity index (χ2n) is 10.0. The summed E-state index contributed by atoms with van der Waals surface area (Å²) in [5.74, 6) is 0.145. The molecule has 10 heteroatoms. The number of aryl methyl sites for hydroxylation is 1. The van der Waals surface area contributed by atoms with E-state index in [1.165, 1.54) is 0 Å². The smallest absolute Gasteiger partial charge is 0.255 e. The topological polar surface area (TPSA) is 107 Å². The molecule has 5 aromatic rings. The molecule has 1 amide bonds. The number of para-hydroxylation sites is 1. The molecule has 3 aromatic carbocycles. The van der Waals surface area contributed by atoms with Gasteiger partial charge in [-0.25, -0.2) is 9.97 Å². The number of anilines is 4. The van der Waals surface area contributed by atoms with Gasteiger partial charge in [0.2, 0.25) is 5.95 Å². The normalized spacial score (nSPS) is 11.0. The Balaban J connectivity index is 1.22. The minimum absolute atomic E-state index is 0.236. The molecule has 0 unspecified atom stereocenters. The molecule has 0 atom stereocenters. The zero-order chi connectivity index (χ0) is 30.9. The summed E-state index contributed by atoms with van der Waals surface area (Å²) in [6.45, 7) is 3.33. The molecule has 0 spiro atoms. The van der Waals surface area contributed by atoms with Crippen LogP contribution in [0.3, 0.4) is 0 Å². The summed E-state index contributed by atoms with van der Waals surface area (Å²) in [5.41, 5.74) is 6.06. The SMILES string of the molecule is C#CN(C)C/C=C/COCNc1cccc(C(=O)Nc2cc(Nc3ncc(Cl)c(-c4c[nH]c5ccccc45)n3)ccc2C)c1. The average molecular weight is 606 g/mol. The number of benzene rings is 3. The number of hydrogen-bond acceptors (Lipinski definition) is 7. The zero-order valence-corrected chi connectivity index (χ0v) is 25.2. The summed E-state index contributed by atoms with van der Waals surface area (Å²) in [7, 11) is 1.84. The number of aromatic nitrogens is 3. The lowest BCUT2D eigenvalue weighted by Gasteiger charge is -2.13. The van der Waals surface area contributed by atoms with Gasteiger partial charge in [-0.15, -0.1) is 0 Å². The predicted molar refractivity (Wildman–Crippen MR) is 178 cm³/mol. The fraction of sp³-hybridized carbons (Fsp3) is 0.147. The number of rotatable bonds is 12. The first-order valence-electron chi connectivity index (χ1n) is 13.9. The van der Waals surface area contributed by atoms with Gasteiger partial charge < -0.3 is 30.6 Å². The molecular weight excluding hydrogens is 574 g/mol. The molecule has 2 heterocycles. The van der Waals surface area contributed by atoms with E-state index in [0.29, 0.717) is 53.5 Å². The molecule has 5 rings (SSSR count). The standard InChI is InChI=1S/C34H32ClN7O2/c1-4-42(3)16-7-8-17-44-22-38-25-11-9-10-24(18-25)33(43)40-31-19-26(15-14-23(31)2)39-34-37-21-29(35)32(41-34)28-20-36-30-13-6-5-12-27(28)30/h1,5-15,18-21,36,38H,16-17,22H2,2-3H3,(H,40,43)(H,37,39,41)/b8-7+. The van der Waals surface area contributed by atoms with Crippen LogP contribution in [0.1, 0.15) is 15.9 Å². The molecule has 0 bridgehead atoms. The van der Waals surface area contributed by atoms with Gasteiger partial charge in [-0.1, -0.05) is 60.5 Å². The molecule has 0 saturated heterocycles. The number of nitrogens with zero attached hydrogens (tertiary/aromatic N) is 3. The largest absolute Gasteiger partial charge is 0.363 e. The van der Waals surface area contributed by atoms with Crippen molar-refractivity contribution in [2.45, 2.75) is 6.92 Å². The first-order chi connectivity index (χ1) is 21.4. The maximum absolute atomic E-state index is 13.2. The van der Waals surface area contributed by atoms with Gasteiger partial charge in [0.15, 0.2) is 0 Å². The highest BCUT2D eigenvalue weighted by molar-refractivity contribution is 6.33. The highest BCUT2D eigenvalue weighted by Crippen LogP contribution is 2.33. The number of terminal acetylenes is 1. The Kier molecular flexibility index (Phi) is 9.77. The van der Waals surface area contributed by atoms with Crippen LogP contribution in [0.4, 0.5) is 23.0 Å². The Morgan fingerprint density at radius 2 is 1.98 bits per heavy atom. The number of hydrogen-bond donors (Lipinski definition) is 4. The number of halogens is 1. The number of nitrogens with one attached hydrogen (secondary N) is 4. The van der Waals surface area contributed by atoms with E-state index in [2.05, 4.69) is 32.0 Å². The number of likely N-dealkylation sites (N-methyl/N-ethyl adjacent to an activating group) is 1. The van der Waals surface area contributed by atoms with E-state index in [0.717, 1.165) is 27.7 Å². The maximum atomic E-state index is 13.2. The van der Waals surface area contributed by atoms with Crippen molar-refractivity contribution in [1.82, 2.24) is 19.9 Å². The molecule has 0 saturated carbocycles. The lowest BCUT2D eigenvalue weighted by Crippen LogP contribution is -2.14. The van der Waals surface area contributed by atoms with Crippen molar-refractivity contribution in [1.29, 1.82) is 0 Å². The number of aromatic amines is 1. The summed E-state index contributed by atoms with van der Waals surface area (Å²) >= 11 is 6.50. The highest BCUT2D eigenvalue weighted by Gasteiger charge is 2.14. The van der Waals surface area contributed by atoms with Crippen molar-refractivity contribution >= 4 is 51.4 Å². The summed E-state index contributed by atoms with van der Waals surface area (Å²) in [6, 6.07) is 23.4. The minimum Gasteiger partial charge on any atom is -0.363 e. The quantitative estimate of drug-likeness (QED) is 0.0397. The van der Waals surface area contributed by atoms with Crippen LogP contribution in [-0.2, 0) is 4.74 Å². The number of carbonyl (C=O) groups excluding carboxylic acids is 1. The fourth-order valence-electron chi connectivity index (χ4n) is 4.43. The van der Waals surface area contributed by atoms with Crippen molar-refractivity contribution in [3.05, 3.63) is 107 Å². The Labute approximate surface area is 261 Å². The van der Waals surface area contributed by atoms with Gasteiger partial charge in [-0.05, 0) is 48.9 Å². The van der Waals surface area contributed by atoms with Crippen LogP contribution in [-0.4, -0.2) is 52.7 Å². The second kappa shape index (κ2) is 14.2.